The third-order valence-corrected chi connectivity index (χ3v) is 3.84. The van der Waals surface area contributed by atoms with Crippen LogP contribution in [0.2, 0.25) is 0 Å². The summed E-state index contributed by atoms with van der Waals surface area (Å²) in [7, 11) is 0. The molecular weight excluding hydrogens is 366 g/mol. The molecule has 0 atom stereocenters. The van der Waals surface area contributed by atoms with Gasteiger partial charge in [0.2, 0.25) is 0 Å². The Bertz CT molecular complexity index is 972. The number of terminal acetylenes is 1. The fourth-order valence-corrected chi connectivity index (χ4v) is 2.65. The Morgan fingerprint density at radius 1 is 1.33 bits per heavy atom. The summed E-state index contributed by atoms with van der Waals surface area (Å²) in [5.74, 6) is 3.56. The number of nitriles is 1. The molecule has 0 saturated heterocycles. The molecule has 0 aliphatic heterocycles. The molecule has 0 spiro atoms. The van der Waals surface area contributed by atoms with Gasteiger partial charge >= 0.3 is 0 Å². The van der Waals surface area contributed by atoms with E-state index in [4.69, 9.17) is 11.2 Å². The van der Waals surface area contributed by atoms with Crippen LogP contribution in [-0.2, 0) is 0 Å². The predicted octanol–water partition coefficient (Wildman–Crippen LogP) is 4.40. The highest BCUT2D eigenvalue weighted by Gasteiger charge is 2.10. The number of H-pyrrole nitrogens is 1. The van der Waals surface area contributed by atoms with E-state index >= 15 is 0 Å². The first kappa shape index (κ1) is 15.9. The van der Waals surface area contributed by atoms with E-state index in [1.165, 1.54) is 0 Å². The molecule has 1 N–H and O–H groups in total. The van der Waals surface area contributed by atoms with Gasteiger partial charge in [0.05, 0.1) is 16.6 Å². The number of hydrogen-bond donors (Lipinski definition) is 1. The second kappa shape index (κ2) is 7.04. The maximum Gasteiger partial charge on any atom is 0.149 e. The van der Waals surface area contributed by atoms with E-state index in [0.717, 1.165) is 21.1 Å². The summed E-state index contributed by atoms with van der Waals surface area (Å²) in [4.78, 5) is 7.62. The van der Waals surface area contributed by atoms with Crippen LogP contribution in [0.3, 0.4) is 0 Å². The normalized spacial score (nSPS) is 11.0. The van der Waals surface area contributed by atoms with Gasteiger partial charge in [-0.1, -0.05) is 34.0 Å². The van der Waals surface area contributed by atoms with Gasteiger partial charge in [-0.3, -0.25) is 0 Å². The Morgan fingerprint density at radius 3 is 2.92 bits per heavy atom. The molecule has 0 saturated carbocycles. The maximum absolute atomic E-state index is 9.54. The van der Waals surface area contributed by atoms with Gasteiger partial charge in [0.15, 0.2) is 0 Å². The highest BCUT2D eigenvalue weighted by atomic mass is 79.9. The van der Waals surface area contributed by atoms with Crippen LogP contribution in [0, 0.1) is 23.7 Å². The van der Waals surface area contributed by atoms with Crippen LogP contribution in [0.25, 0.3) is 22.7 Å². The van der Waals surface area contributed by atoms with E-state index in [9.17, 15) is 5.26 Å². The lowest BCUT2D eigenvalue weighted by atomic mass is 10.1. The van der Waals surface area contributed by atoms with Crippen LogP contribution in [0.4, 0.5) is 0 Å². The zero-order valence-electron chi connectivity index (χ0n) is 12.6. The molecule has 3 rings (SSSR count). The molecule has 0 fully saturated rings. The van der Waals surface area contributed by atoms with Gasteiger partial charge in [0.25, 0.3) is 0 Å². The average Bonchev–Trinajstić information content (AvgIpc) is 3.02. The second-order valence-electron chi connectivity index (χ2n) is 4.95. The van der Waals surface area contributed by atoms with Gasteiger partial charge in [-0.05, 0) is 36.4 Å². The molecule has 2 aromatic carbocycles. The van der Waals surface area contributed by atoms with Crippen LogP contribution in [0.15, 0.2) is 46.9 Å². The summed E-state index contributed by atoms with van der Waals surface area (Å²) >= 11 is 3.43. The molecule has 0 aliphatic carbocycles. The van der Waals surface area contributed by atoms with Gasteiger partial charge in [0.1, 0.15) is 24.3 Å². The molecular formula is C19H12BrN3O. The lowest BCUT2D eigenvalue weighted by Gasteiger charge is -2.07. The Hall–Kier alpha value is -3.02. The molecule has 1 aromatic heterocycles. The largest absolute Gasteiger partial charge is 0.480 e. The molecule has 0 bridgehead atoms. The highest BCUT2D eigenvalue weighted by molar-refractivity contribution is 9.10. The van der Waals surface area contributed by atoms with Crippen molar-refractivity contribution in [3.63, 3.8) is 0 Å². The number of halogens is 1. The minimum absolute atomic E-state index is 0.162. The summed E-state index contributed by atoms with van der Waals surface area (Å²) in [6.07, 6.45) is 6.98. The number of fused-ring (bicyclic) bond motifs is 1. The van der Waals surface area contributed by atoms with Crippen LogP contribution in [0.1, 0.15) is 11.4 Å². The number of benzene rings is 2. The summed E-state index contributed by atoms with van der Waals surface area (Å²) in [6, 6.07) is 15.4. The fraction of sp³-hybridized carbons (Fsp3) is 0.0526. The summed E-state index contributed by atoms with van der Waals surface area (Å²) in [5.41, 5.74) is 2.85. The molecule has 5 heteroatoms. The van der Waals surface area contributed by atoms with Crippen molar-refractivity contribution in [2.45, 2.75) is 0 Å². The molecule has 0 radical (unpaired) electrons. The van der Waals surface area contributed by atoms with Crippen molar-refractivity contribution in [3.8, 4) is 24.2 Å². The number of hydrogen-bond acceptors (Lipinski definition) is 3. The van der Waals surface area contributed by atoms with Gasteiger partial charge in [-0.25, -0.2) is 4.98 Å². The van der Waals surface area contributed by atoms with Gasteiger partial charge in [0, 0.05) is 10.0 Å². The lowest BCUT2D eigenvalue weighted by molar-refractivity contribution is 0.369. The number of allylic oxidation sites excluding steroid dienone is 1. The smallest absolute Gasteiger partial charge is 0.149 e. The van der Waals surface area contributed by atoms with E-state index in [1.54, 1.807) is 12.1 Å². The van der Waals surface area contributed by atoms with Gasteiger partial charge in [-0.2, -0.15) is 5.26 Å². The molecule has 0 amide bonds. The topological polar surface area (TPSA) is 61.7 Å². The van der Waals surface area contributed by atoms with Crippen LogP contribution < -0.4 is 4.74 Å². The van der Waals surface area contributed by atoms with Gasteiger partial charge < -0.3 is 9.72 Å². The first-order chi connectivity index (χ1) is 11.7. The molecule has 0 aliphatic rings. The SMILES string of the molecule is C#CCOc1ccc(Br)cc1/C=C(\C#N)c1nc2ccccc2[nH]1. The third kappa shape index (κ3) is 3.32. The third-order valence-electron chi connectivity index (χ3n) is 3.35. The molecule has 1 heterocycles. The molecule has 24 heavy (non-hydrogen) atoms. The van der Waals surface area contributed by atoms with Crippen LogP contribution in [0.5, 0.6) is 5.75 Å². The number of ether oxygens (including phenoxy) is 1. The van der Waals surface area contributed by atoms with Gasteiger partial charge in [-0.15, -0.1) is 6.42 Å². The summed E-state index contributed by atoms with van der Waals surface area (Å²) in [6.45, 7) is 0.162. The standard InChI is InChI=1S/C19H12BrN3O/c1-2-9-24-18-8-7-15(20)11-13(18)10-14(12-21)19-22-16-5-3-4-6-17(16)23-19/h1,3-8,10-11H,9H2,(H,22,23)/b14-10+. The molecule has 116 valence electrons. The minimum atomic E-state index is 0.162. The second-order valence-corrected chi connectivity index (χ2v) is 5.86. The van der Waals surface area contributed by atoms with E-state index in [0.29, 0.717) is 17.1 Å². The zero-order valence-corrected chi connectivity index (χ0v) is 14.2. The quantitative estimate of drug-likeness (QED) is 0.541. The molecule has 3 aromatic rings. The van der Waals surface area contributed by atoms with Crippen molar-refractivity contribution in [2.24, 2.45) is 0 Å². The Morgan fingerprint density at radius 2 is 2.17 bits per heavy atom. The number of nitrogens with one attached hydrogen (secondary N) is 1. The molecule has 0 unspecified atom stereocenters. The first-order valence-corrected chi connectivity index (χ1v) is 7.93. The Balaban J connectivity index is 2.06. The van der Waals surface area contributed by atoms with Crippen molar-refractivity contribution in [2.75, 3.05) is 6.61 Å². The Kier molecular flexibility index (Phi) is 4.65. The number of rotatable bonds is 4. The predicted molar refractivity (Wildman–Crippen MR) is 98.0 cm³/mol. The Labute approximate surface area is 147 Å². The van der Waals surface area contributed by atoms with Crippen molar-refractivity contribution in [1.82, 2.24) is 9.97 Å². The lowest BCUT2D eigenvalue weighted by Crippen LogP contribution is -1.96. The number of aromatic amines is 1. The fourth-order valence-electron chi connectivity index (χ4n) is 2.27. The van der Waals surface area contributed by atoms with Crippen molar-refractivity contribution in [3.05, 3.63) is 58.3 Å². The minimum Gasteiger partial charge on any atom is -0.480 e. The average molecular weight is 378 g/mol. The maximum atomic E-state index is 9.54. The van der Waals surface area contributed by atoms with E-state index < -0.39 is 0 Å². The number of aromatic nitrogens is 2. The van der Waals surface area contributed by atoms with E-state index in [-0.39, 0.29) is 6.61 Å². The van der Waals surface area contributed by atoms with Crippen molar-refractivity contribution < 1.29 is 4.74 Å². The summed E-state index contributed by atoms with van der Waals surface area (Å²) in [5, 5.41) is 9.54. The molecule has 4 nitrogen and oxygen atoms in total. The first-order valence-electron chi connectivity index (χ1n) is 7.14. The summed E-state index contributed by atoms with van der Waals surface area (Å²) < 4.78 is 6.42. The van der Waals surface area contributed by atoms with E-state index in [1.807, 2.05) is 36.4 Å². The van der Waals surface area contributed by atoms with Crippen LogP contribution in [-0.4, -0.2) is 16.6 Å². The van der Waals surface area contributed by atoms with Crippen molar-refractivity contribution in [1.29, 1.82) is 5.26 Å². The number of para-hydroxylation sites is 2. The zero-order chi connectivity index (χ0) is 16.9. The van der Waals surface area contributed by atoms with Crippen molar-refractivity contribution >= 4 is 38.6 Å². The highest BCUT2D eigenvalue weighted by Crippen LogP contribution is 2.27. The number of nitrogens with zero attached hydrogens (tertiary/aromatic N) is 2. The van der Waals surface area contributed by atoms with Crippen LogP contribution >= 0.6 is 15.9 Å². The van der Waals surface area contributed by atoms with E-state index in [2.05, 4.69) is 37.9 Å². The number of imidazole rings is 1. The monoisotopic (exact) mass is 377 g/mol.